The Morgan fingerprint density at radius 2 is 0.741 bits per heavy atom. The van der Waals surface area contributed by atoms with Gasteiger partial charge in [-0.2, -0.15) is 0 Å². The van der Waals surface area contributed by atoms with E-state index in [1.54, 1.807) is 0 Å². The van der Waals surface area contributed by atoms with Crippen LogP contribution in [-0.2, 0) is 0 Å². The van der Waals surface area contributed by atoms with E-state index in [1.165, 1.54) is 15.9 Å². The Hall–Kier alpha value is -3.13. The van der Waals surface area contributed by atoms with Gasteiger partial charge in [-0.3, -0.25) is 0 Å². The summed E-state index contributed by atoms with van der Waals surface area (Å²) in [7, 11) is -2.47. The molecule has 0 unspecified atom stereocenters. The standard InChI is InChI=1S/C26H21P/c1-5-13-23(14-6-1)21-22-27(24-15-7-2-8-16-24,25-17-9-3-10-18-25)26-19-11-4-12-20-26/h1-20,27H. The van der Waals surface area contributed by atoms with Gasteiger partial charge in [0.15, 0.2) is 0 Å². The van der Waals surface area contributed by atoms with Crippen molar-refractivity contribution in [2.75, 3.05) is 0 Å². The van der Waals surface area contributed by atoms with Crippen LogP contribution in [0.4, 0.5) is 0 Å². The Morgan fingerprint density at radius 3 is 1.11 bits per heavy atom. The van der Waals surface area contributed by atoms with E-state index in [0.717, 1.165) is 5.56 Å². The van der Waals surface area contributed by atoms with Crippen molar-refractivity contribution in [3.05, 3.63) is 127 Å². The van der Waals surface area contributed by atoms with E-state index in [0.29, 0.717) is 0 Å². The summed E-state index contributed by atoms with van der Waals surface area (Å²) in [6.07, 6.45) is 0. The van der Waals surface area contributed by atoms with Crippen LogP contribution < -0.4 is 15.9 Å². The zero-order chi connectivity index (χ0) is 18.4. The molecule has 0 N–H and O–H groups in total. The molecule has 0 nitrogen and oxygen atoms in total. The summed E-state index contributed by atoms with van der Waals surface area (Å²) in [6, 6.07) is 42.6. The van der Waals surface area contributed by atoms with Crippen LogP contribution in [-0.4, -0.2) is 0 Å². The van der Waals surface area contributed by atoms with Crippen LogP contribution in [0.15, 0.2) is 121 Å². The Labute approximate surface area is 161 Å². The van der Waals surface area contributed by atoms with Gasteiger partial charge in [0.1, 0.15) is 0 Å². The molecule has 0 spiro atoms. The van der Waals surface area contributed by atoms with Gasteiger partial charge in [-0.15, -0.1) is 0 Å². The predicted molar refractivity (Wildman–Crippen MR) is 120 cm³/mol. The van der Waals surface area contributed by atoms with Gasteiger partial charge in [0.2, 0.25) is 0 Å². The molecule has 0 heterocycles. The van der Waals surface area contributed by atoms with E-state index in [2.05, 4.69) is 115 Å². The average Bonchev–Trinajstić information content (AvgIpc) is 2.77. The molecule has 4 rings (SSSR count). The van der Waals surface area contributed by atoms with E-state index in [-0.39, 0.29) is 0 Å². The van der Waals surface area contributed by atoms with Crippen LogP contribution in [0.5, 0.6) is 0 Å². The van der Waals surface area contributed by atoms with Crippen molar-refractivity contribution in [3.63, 3.8) is 0 Å². The fourth-order valence-electron chi connectivity index (χ4n) is 3.47. The second-order valence-corrected chi connectivity index (χ2v) is 9.95. The van der Waals surface area contributed by atoms with E-state index in [9.17, 15) is 0 Å². The second-order valence-electron chi connectivity index (χ2n) is 6.46. The second kappa shape index (κ2) is 8.05. The summed E-state index contributed by atoms with van der Waals surface area (Å²) in [5, 5.41) is 3.93. The first-order chi connectivity index (χ1) is 13.4. The summed E-state index contributed by atoms with van der Waals surface area (Å²) in [6.45, 7) is 0. The SMILES string of the molecule is C(#C[PH](c1ccccc1)(c1ccccc1)c1ccccc1)c1ccccc1. The van der Waals surface area contributed by atoms with Crippen LogP contribution in [0.2, 0.25) is 0 Å². The maximum atomic E-state index is 3.79. The molecule has 130 valence electrons. The summed E-state index contributed by atoms with van der Waals surface area (Å²) in [4.78, 5) is 0. The van der Waals surface area contributed by atoms with Crippen LogP contribution in [0, 0.1) is 11.6 Å². The molecule has 0 fully saturated rings. The quantitative estimate of drug-likeness (QED) is 0.364. The van der Waals surface area contributed by atoms with E-state index < -0.39 is 7.26 Å². The van der Waals surface area contributed by atoms with Gasteiger partial charge >= 0.3 is 162 Å². The van der Waals surface area contributed by atoms with Gasteiger partial charge in [-0.05, 0) is 0 Å². The molecule has 0 amide bonds. The Bertz CT molecular complexity index is 947. The van der Waals surface area contributed by atoms with Crippen molar-refractivity contribution < 1.29 is 0 Å². The third-order valence-corrected chi connectivity index (χ3v) is 8.89. The molecule has 0 aromatic heterocycles. The molecule has 0 bridgehead atoms. The molecule has 27 heavy (non-hydrogen) atoms. The van der Waals surface area contributed by atoms with Crippen molar-refractivity contribution in [1.29, 1.82) is 0 Å². The molecular formula is C26H21P. The van der Waals surface area contributed by atoms with Gasteiger partial charge in [0.05, 0.1) is 0 Å². The fourth-order valence-corrected chi connectivity index (χ4v) is 7.31. The van der Waals surface area contributed by atoms with Gasteiger partial charge < -0.3 is 0 Å². The molecular weight excluding hydrogens is 343 g/mol. The van der Waals surface area contributed by atoms with Gasteiger partial charge in [0, 0.05) is 0 Å². The molecule has 1 heteroatoms. The third kappa shape index (κ3) is 3.56. The topological polar surface area (TPSA) is 0 Å². The molecule has 0 radical (unpaired) electrons. The van der Waals surface area contributed by atoms with E-state index >= 15 is 0 Å². The normalized spacial score (nSPS) is 11.3. The summed E-state index contributed by atoms with van der Waals surface area (Å²) in [5.41, 5.74) is 4.84. The van der Waals surface area contributed by atoms with Gasteiger partial charge in [-0.1, -0.05) is 0 Å². The fraction of sp³-hybridized carbons (Fsp3) is 0. The summed E-state index contributed by atoms with van der Waals surface area (Å²) >= 11 is 0. The van der Waals surface area contributed by atoms with Gasteiger partial charge in [-0.25, -0.2) is 0 Å². The van der Waals surface area contributed by atoms with Crippen molar-refractivity contribution in [2.45, 2.75) is 0 Å². The number of benzene rings is 4. The van der Waals surface area contributed by atoms with Crippen molar-refractivity contribution in [1.82, 2.24) is 0 Å². The minimum absolute atomic E-state index is 1.05. The zero-order valence-electron chi connectivity index (χ0n) is 15.0. The predicted octanol–water partition coefficient (Wildman–Crippen LogP) is 4.72. The Morgan fingerprint density at radius 1 is 0.407 bits per heavy atom. The maximum absolute atomic E-state index is 3.79. The van der Waals surface area contributed by atoms with Crippen LogP contribution in [0.25, 0.3) is 0 Å². The Balaban J connectivity index is 2.03. The van der Waals surface area contributed by atoms with Crippen LogP contribution in [0.3, 0.4) is 0 Å². The summed E-state index contributed by atoms with van der Waals surface area (Å²) in [5.74, 6) is 3.49. The first kappa shape index (κ1) is 17.3. The minimum atomic E-state index is -2.47. The molecule has 0 aliphatic carbocycles. The first-order valence-corrected chi connectivity index (χ1v) is 11.1. The molecule has 0 atom stereocenters. The van der Waals surface area contributed by atoms with E-state index in [1.807, 2.05) is 18.2 Å². The molecule has 0 saturated carbocycles. The first-order valence-electron chi connectivity index (χ1n) is 9.14. The van der Waals surface area contributed by atoms with Crippen LogP contribution in [0.1, 0.15) is 5.56 Å². The van der Waals surface area contributed by atoms with Crippen LogP contribution >= 0.6 is 7.26 Å². The van der Waals surface area contributed by atoms with Gasteiger partial charge in [0.25, 0.3) is 0 Å². The molecule has 0 aliphatic heterocycles. The molecule has 0 aliphatic rings. The number of hydrogen-bond acceptors (Lipinski definition) is 0. The Kier molecular flexibility index (Phi) is 5.15. The summed E-state index contributed by atoms with van der Waals surface area (Å²) < 4.78 is 0. The van der Waals surface area contributed by atoms with Crippen molar-refractivity contribution in [3.8, 4) is 11.6 Å². The van der Waals surface area contributed by atoms with Crippen molar-refractivity contribution in [2.24, 2.45) is 0 Å². The zero-order valence-corrected chi connectivity index (χ0v) is 16.0. The number of rotatable bonds is 3. The third-order valence-electron chi connectivity index (χ3n) is 4.79. The van der Waals surface area contributed by atoms with E-state index in [4.69, 9.17) is 0 Å². The monoisotopic (exact) mass is 364 g/mol. The average molecular weight is 364 g/mol. The molecule has 0 saturated heterocycles. The molecule has 4 aromatic rings. The number of hydrogen-bond donors (Lipinski definition) is 0. The van der Waals surface area contributed by atoms with Crippen molar-refractivity contribution >= 4 is 23.2 Å². The molecule has 4 aromatic carbocycles.